The summed E-state index contributed by atoms with van der Waals surface area (Å²) in [5.74, 6) is 3.10. The van der Waals surface area contributed by atoms with Gasteiger partial charge in [-0.3, -0.25) is 0 Å². The number of rotatable bonds is 3. The molecule has 1 unspecified atom stereocenters. The van der Waals surface area contributed by atoms with Gasteiger partial charge in [0.2, 0.25) is 5.89 Å². The van der Waals surface area contributed by atoms with E-state index < -0.39 is 0 Å². The number of aromatic nitrogens is 2. The fourth-order valence-electron chi connectivity index (χ4n) is 3.59. The molecule has 2 aromatic rings. The van der Waals surface area contributed by atoms with E-state index in [4.69, 9.17) is 9.26 Å². The largest absolute Gasteiger partial charge is 0.489 e. The van der Waals surface area contributed by atoms with Crippen molar-refractivity contribution in [3.8, 4) is 5.75 Å². The van der Waals surface area contributed by atoms with E-state index in [9.17, 15) is 0 Å². The first kappa shape index (κ1) is 13.2. The van der Waals surface area contributed by atoms with Crippen molar-refractivity contribution in [1.82, 2.24) is 10.1 Å². The molecule has 0 N–H and O–H groups in total. The van der Waals surface area contributed by atoms with Crippen molar-refractivity contribution < 1.29 is 9.26 Å². The Morgan fingerprint density at radius 2 is 2.13 bits per heavy atom. The van der Waals surface area contributed by atoms with Gasteiger partial charge in [0.1, 0.15) is 24.1 Å². The third kappa shape index (κ3) is 2.08. The highest BCUT2D eigenvalue weighted by Gasteiger charge is 2.34. The molecule has 6 heteroatoms. The number of nitrogens with zero attached hydrogens (tertiary/aromatic N) is 4. The smallest absolute Gasteiger partial charge is 0.249 e. The second-order valence-electron chi connectivity index (χ2n) is 6.59. The second kappa shape index (κ2) is 4.88. The molecule has 2 aliphatic heterocycles. The molecule has 6 nitrogen and oxygen atoms in total. The number of ether oxygens (including phenoxy) is 1. The Morgan fingerprint density at radius 3 is 3.00 bits per heavy atom. The normalized spacial score (nSPS) is 20.9. The van der Waals surface area contributed by atoms with Crippen LogP contribution in [0.3, 0.4) is 0 Å². The van der Waals surface area contributed by atoms with Crippen LogP contribution in [0.5, 0.6) is 5.75 Å². The van der Waals surface area contributed by atoms with Gasteiger partial charge in [-0.05, 0) is 31.9 Å². The van der Waals surface area contributed by atoms with Gasteiger partial charge in [-0.1, -0.05) is 11.2 Å². The zero-order chi connectivity index (χ0) is 15.4. The van der Waals surface area contributed by atoms with Crippen LogP contribution >= 0.6 is 0 Å². The molecular formula is C17H20N4O2. The molecule has 0 radical (unpaired) electrons. The van der Waals surface area contributed by atoms with Crippen LogP contribution in [-0.2, 0) is 0 Å². The summed E-state index contributed by atoms with van der Waals surface area (Å²) in [7, 11) is 0. The van der Waals surface area contributed by atoms with Gasteiger partial charge in [-0.2, -0.15) is 4.98 Å². The highest BCUT2D eigenvalue weighted by Crippen LogP contribution is 2.45. The molecule has 3 heterocycles. The molecule has 3 aliphatic rings. The van der Waals surface area contributed by atoms with Crippen molar-refractivity contribution in [3.05, 3.63) is 29.9 Å². The summed E-state index contributed by atoms with van der Waals surface area (Å²) in [5, 5.41) is 4.16. The third-order valence-electron chi connectivity index (χ3n) is 5.06. The monoisotopic (exact) mass is 312 g/mol. The molecule has 0 bridgehead atoms. The van der Waals surface area contributed by atoms with Crippen molar-refractivity contribution in [2.75, 3.05) is 36.0 Å². The van der Waals surface area contributed by atoms with Crippen LogP contribution in [0.25, 0.3) is 0 Å². The molecular weight excluding hydrogens is 292 g/mol. The van der Waals surface area contributed by atoms with Crippen molar-refractivity contribution in [2.24, 2.45) is 0 Å². The van der Waals surface area contributed by atoms with E-state index in [0.717, 1.165) is 43.7 Å². The van der Waals surface area contributed by atoms with Gasteiger partial charge in [0.15, 0.2) is 5.82 Å². The van der Waals surface area contributed by atoms with Crippen molar-refractivity contribution >= 4 is 11.4 Å². The van der Waals surface area contributed by atoms with E-state index in [0.29, 0.717) is 5.92 Å². The maximum atomic E-state index is 5.83. The minimum absolute atomic E-state index is 0.0746. The molecule has 1 aromatic carbocycles. The molecule has 1 aromatic heterocycles. The van der Waals surface area contributed by atoms with Crippen molar-refractivity contribution in [3.63, 3.8) is 0 Å². The van der Waals surface area contributed by atoms with Crippen LogP contribution in [0, 0.1) is 0 Å². The predicted octanol–water partition coefficient (Wildman–Crippen LogP) is 2.73. The maximum Gasteiger partial charge on any atom is 0.249 e. The summed E-state index contributed by atoms with van der Waals surface area (Å²) < 4.78 is 11.4. The average Bonchev–Trinajstić information content (AvgIpc) is 3.32. The van der Waals surface area contributed by atoms with Crippen molar-refractivity contribution in [2.45, 2.75) is 31.7 Å². The highest BCUT2D eigenvalue weighted by molar-refractivity contribution is 5.80. The standard InChI is InChI=1S/C17H20N4O2/c1-11(17-18-16(19-23-17)12-5-6-12)21-8-7-20-9-10-22-14-4-2-3-13(21)15(14)20/h2-4,11-12H,5-10H2,1H3. The molecule has 1 fully saturated rings. The lowest BCUT2D eigenvalue weighted by Gasteiger charge is -2.43. The van der Waals surface area contributed by atoms with E-state index in [2.05, 4.69) is 45.1 Å². The Bertz CT molecular complexity index is 740. The molecule has 1 aliphatic carbocycles. The van der Waals surface area contributed by atoms with Gasteiger partial charge in [0.05, 0.1) is 12.2 Å². The molecule has 0 amide bonds. The molecule has 23 heavy (non-hydrogen) atoms. The number of benzene rings is 1. The second-order valence-corrected chi connectivity index (χ2v) is 6.59. The van der Waals surface area contributed by atoms with Crippen LogP contribution in [0.15, 0.2) is 22.7 Å². The molecule has 1 atom stereocenters. The summed E-state index contributed by atoms with van der Waals surface area (Å²) in [6, 6.07) is 6.35. The quantitative estimate of drug-likeness (QED) is 0.868. The summed E-state index contributed by atoms with van der Waals surface area (Å²) in [6.45, 7) is 5.82. The number of para-hydroxylation sites is 1. The average molecular weight is 312 g/mol. The summed E-state index contributed by atoms with van der Waals surface area (Å²) in [5.41, 5.74) is 2.41. The third-order valence-corrected chi connectivity index (χ3v) is 5.06. The van der Waals surface area contributed by atoms with Gasteiger partial charge >= 0.3 is 0 Å². The fourth-order valence-corrected chi connectivity index (χ4v) is 3.59. The van der Waals surface area contributed by atoms with E-state index >= 15 is 0 Å². The van der Waals surface area contributed by atoms with E-state index in [1.165, 1.54) is 24.2 Å². The zero-order valence-electron chi connectivity index (χ0n) is 13.2. The maximum absolute atomic E-state index is 5.83. The first-order valence-corrected chi connectivity index (χ1v) is 8.42. The molecule has 5 rings (SSSR count). The molecule has 0 spiro atoms. The van der Waals surface area contributed by atoms with Gasteiger partial charge in [0, 0.05) is 19.0 Å². The molecule has 0 saturated heterocycles. The lowest BCUT2D eigenvalue weighted by molar-refractivity contribution is 0.304. The Labute approximate surface area is 135 Å². The lowest BCUT2D eigenvalue weighted by atomic mass is 10.1. The van der Waals surface area contributed by atoms with Crippen LogP contribution in [0.2, 0.25) is 0 Å². The SMILES string of the molecule is CC(c1nc(C2CC2)no1)N1CCN2CCOc3cccc1c32. The predicted molar refractivity (Wildman–Crippen MR) is 86.2 cm³/mol. The number of anilines is 2. The highest BCUT2D eigenvalue weighted by atomic mass is 16.5. The summed E-state index contributed by atoms with van der Waals surface area (Å²) in [4.78, 5) is 9.40. The Balaban J connectivity index is 1.50. The number of hydrogen-bond acceptors (Lipinski definition) is 6. The van der Waals surface area contributed by atoms with E-state index in [1.54, 1.807) is 0 Å². The van der Waals surface area contributed by atoms with Gasteiger partial charge in [0.25, 0.3) is 0 Å². The Morgan fingerprint density at radius 1 is 1.22 bits per heavy atom. The minimum atomic E-state index is 0.0746. The summed E-state index contributed by atoms with van der Waals surface area (Å²) >= 11 is 0. The Hall–Kier alpha value is -2.24. The Kier molecular flexibility index (Phi) is 2.80. The van der Waals surface area contributed by atoms with Gasteiger partial charge < -0.3 is 19.1 Å². The van der Waals surface area contributed by atoms with Crippen LogP contribution in [0.1, 0.15) is 43.4 Å². The van der Waals surface area contributed by atoms with Gasteiger partial charge in [-0.15, -0.1) is 0 Å². The first-order chi connectivity index (χ1) is 11.3. The first-order valence-electron chi connectivity index (χ1n) is 8.42. The van der Waals surface area contributed by atoms with Crippen LogP contribution < -0.4 is 14.5 Å². The molecule has 120 valence electrons. The van der Waals surface area contributed by atoms with E-state index in [1.807, 2.05) is 0 Å². The topological polar surface area (TPSA) is 54.6 Å². The van der Waals surface area contributed by atoms with Crippen molar-refractivity contribution in [1.29, 1.82) is 0 Å². The van der Waals surface area contributed by atoms with Gasteiger partial charge in [-0.25, -0.2) is 0 Å². The van der Waals surface area contributed by atoms with Crippen LogP contribution in [-0.4, -0.2) is 36.4 Å². The lowest BCUT2D eigenvalue weighted by Crippen LogP contribution is -2.45. The zero-order valence-corrected chi connectivity index (χ0v) is 13.2. The number of hydrogen-bond donors (Lipinski definition) is 0. The minimum Gasteiger partial charge on any atom is -0.489 e. The molecule has 1 saturated carbocycles. The van der Waals surface area contributed by atoms with Crippen LogP contribution in [0.4, 0.5) is 11.4 Å². The van der Waals surface area contributed by atoms with E-state index in [-0.39, 0.29) is 6.04 Å². The summed E-state index contributed by atoms with van der Waals surface area (Å²) in [6.07, 6.45) is 2.38. The fraction of sp³-hybridized carbons (Fsp3) is 0.529.